The third-order valence-electron chi connectivity index (χ3n) is 5.33. The number of nitrogens with one attached hydrogen (secondary N) is 1. The van der Waals surface area contributed by atoms with Crippen LogP contribution in [0, 0.1) is 0 Å². The summed E-state index contributed by atoms with van der Waals surface area (Å²) >= 11 is 1.69. The Morgan fingerprint density at radius 1 is 0.966 bits per heavy atom. The highest BCUT2D eigenvalue weighted by Crippen LogP contribution is 2.34. The van der Waals surface area contributed by atoms with Crippen molar-refractivity contribution in [3.63, 3.8) is 0 Å². The molecule has 2 aromatic carbocycles. The molecule has 1 N–H and O–H groups in total. The van der Waals surface area contributed by atoms with Gasteiger partial charge in [0, 0.05) is 47.6 Å². The van der Waals surface area contributed by atoms with E-state index in [1.807, 2.05) is 59.5 Å². The van der Waals surface area contributed by atoms with E-state index in [4.69, 9.17) is 4.98 Å². The first kappa shape index (κ1) is 18.0. The average molecular weight is 400 g/mol. The smallest absolute Gasteiger partial charge is 0.254 e. The van der Waals surface area contributed by atoms with Gasteiger partial charge >= 0.3 is 0 Å². The highest BCUT2D eigenvalue weighted by atomic mass is 32.1. The van der Waals surface area contributed by atoms with E-state index in [0.29, 0.717) is 0 Å². The van der Waals surface area contributed by atoms with Crippen LogP contribution in [0.2, 0.25) is 0 Å². The summed E-state index contributed by atoms with van der Waals surface area (Å²) in [6.45, 7) is 3.13. The quantitative estimate of drug-likeness (QED) is 0.544. The molecule has 4 aromatic rings. The zero-order valence-electron chi connectivity index (χ0n) is 16.0. The van der Waals surface area contributed by atoms with Crippen molar-refractivity contribution in [1.82, 2.24) is 15.2 Å². The Labute approximate surface area is 173 Å². The zero-order valence-corrected chi connectivity index (χ0v) is 16.8. The first-order valence-electron chi connectivity index (χ1n) is 9.84. The largest absolute Gasteiger partial charge is 0.336 e. The van der Waals surface area contributed by atoms with E-state index in [1.54, 1.807) is 11.3 Å². The highest BCUT2D eigenvalue weighted by Gasteiger charge is 2.22. The van der Waals surface area contributed by atoms with E-state index in [9.17, 15) is 4.79 Å². The monoisotopic (exact) mass is 399 g/mol. The maximum atomic E-state index is 13.5. The number of aromatic nitrogens is 1. The van der Waals surface area contributed by atoms with E-state index in [2.05, 4.69) is 22.8 Å². The van der Waals surface area contributed by atoms with Crippen molar-refractivity contribution < 1.29 is 4.79 Å². The second-order valence-corrected chi connectivity index (χ2v) is 8.09. The van der Waals surface area contributed by atoms with E-state index in [1.165, 1.54) is 0 Å². The molecule has 144 valence electrons. The molecule has 5 rings (SSSR count). The SMILES string of the molecule is O=C(c1cc(-c2ccccc2)nc2c(-c3cccs3)cccc12)N1CCNCC1. The van der Waals surface area contributed by atoms with Crippen LogP contribution in [0.1, 0.15) is 10.4 Å². The first-order valence-corrected chi connectivity index (χ1v) is 10.7. The third-order valence-corrected chi connectivity index (χ3v) is 6.23. The second kappa shape index (κ2) is 7.78. The summed E-state index contributed by atoms with van der Waals surface area (Å²) in [5.41, 5.74) is 4.54. The number of hydrogen-bond acceptors (Lipinski definition) is 4. The van der Waals surface area contributed by atoms with Gasteiger partial charge in [0.05, 0.1) is 16.8 Å². The van der Waals surface area contributed by atoms with E-state index in [-0.39, 0.29) is 5.91 Å². The number of carbonyl (C=O) groups excluding carboxylic acids is 1. The van der Waals surface area contributed by atoms with Gasteiger partial charge in [-0.15, -0.1) is 11.3 Å². The van der Waals surface area contributed by atoms with Gasteiger partial charge in [0.15, 0.2) is 0 Å². The van der Waals surface area contributed by atoms with E-state index in [0.717, 1.165) is 64.3 Å². The van der Waals surface area contributed by atoms with Crippen LogP contribution in [-0.2, 0) is 0 Å². The van der Waals surface area contributed by atoms with Crippen molar-refractivity contribution in [2.75, 3.05) is 26.2 Å². The number of carbonyl (C=O) groups is 1. The van der Waals surface area contributed by atoms with Crippen LogP contribution in [0.4, 0.5) is 0 Å². The van der Waals surface area contributed by atoms with Gasteiger partial charge in [0.2, 0.25) is 0 Å². The van der Waals surface area contributed by atoms with Gasteiger partial charge < -0.3 is 10.2 Å². The average Bonchev–Trinajstić information content (AvgIpc) is 3.33. The number of para-hydroxylation sites is 1. The number of benzene rings is 2. The molecule has 29 heavy (non-hydrogen) atoms. The van der Waals surface area contributed by atoms with Gasteiger partial charge in [-0.3, -0.25) is 4.79 Å². The van der Waals surface area contributed by atoms with Crippen molar-refractivity contribution in [2.45, 2.75) is 0 Å². The Bertz CT molecular complexity index is 1150. The van der Waals surface area contributed by atoms with E-state index < -0.39 is 0 Å². The summed E-state index contributed by atoms with van der Waals surface area (Å²) < 4.78 is 0. The maximum Gasteiger partial charge on any atom is 0.254 e. The molecule has 1 aliphatic heterocycles. The molecule has 0 atom stereocenters. The van der Waals surface area contributed by atoms with Crippen LogP contribution in [0.15, 0.2) is 72.1 Å². The molecule has 3 heterocycles. The maximum absolute atomic E-state index is 13.5. The molecule has 0 aliphatic carbocycles. The molecule has 1 amide bonds. The van der Waals surface area contributed by atoms with Crippen molar-refractivity contribution >= 4 is 28.1 Å². The van der Waals surface area contributed by atoms with E-state index >= 15 is 0 Å². The molecule has 2 aromatic heterocycles. The van der Waals surface area contributed by atoms with Gasteiger partial charge in [-0.1, -0.05) is 54.6 Å². The van der Waals surface area contributed by atoms with Gasteiger partial charge in [0.1, 0.15) is 0 Å². The molecule has 1 aliphatic rings. The lowest BCUT2D eigenvalue weighted by atomic mass is 10.00. The normalized spacial score (nSPS) is 14.3. The minimum Gasteiger partial charge on any atom is -0.336 e. The third kappa shape index (κ3) is 3.43. The lowest BCUT2D eigenvalue weighted by molar-refractivity contribution is 0.0738. The standard InChI is InChI=1S/C24H21N3OS/c28-24(27-13-11-25-12-14-27)20-16-21(17-6-2-1-3-7-17)26-23-18(20)8-4-9-19(23)22-10-5-15-29-22/h1-10,15-16,25H,11-14H2. The topological polar surface area (TPSA) is 45.2 Å². The number of hydrogen-bond donors (Lipinski definition) is 1. The number of nitrogens with zero attached hydrogens (tertiary/aromatic N) is 2. The molecular weight excluding hydrogens is 378 g/mol. The van der Waals surface area contributed by atoms with Crippen molar-refractivity contribution in [1.29, 1.82) is 0 Å². The molecule has 1 fully saturated rings. The van der Waals surface area contributed by atoms with Crippen molar-refractivity contribution in [3.8, 4) is 21.7 Å². The minimum atomic E-state index is 0.0828. The summed E-state index contributed by atoms with van der Waals surface area (Å²) in [4.78, 5) is 21.6. The Morgan fingerprint density at radius 2 is 1.79 bits per heavy atom. The Morgan fingerprint density at radius 3 is 2.55 bits per heavy atom. The summed E-state index contributed by atoms with van der Waals surface area (Å²) in [6, 6.07) is 22.3. The number of pyridine rings is 1. The van der Waals surface area contributed by atoms with Gasteiger partial charge in [-0.2, -0.15) is 0 Å². The van der Waals surface area contributed by atoms with Crippen LogP contribution >= 0.6 is 11.3 Å². The molecule has 0 saturated carbocycles. The van der Waals surface area contributed by atoms with Crippen LogP contribution in [0.3, 0.4) is 0 Å². The lowest BCUT2D eigenvalue weighted by Crippen LogP contribution is -2.46. The number of fused-ring (bicyclic) bond motifs is 1. The van der Waals surface area contributed by atoms with Crippen LogP contribution in [0.25, 0.3) is 32.6 Å². The molecular formula is C24H21N3OS. The first-order chi connectivity index (χ1) is 14.3. The van der Waals surface area contributed by atoms with Gasteiger partial charge in [-0.05, 0) is 17.5 Å². The summed E-state index contributed by atoms with van der Waals surface area (Å²) in [5, 5.41) is 6.31. The summed E-state index contributed by atoms with van der Waals surface area (Å²) in [5.74, 6) is 0.0828. The fourth-order valence-electron chi connectivity index (χ4n) is 3.85. The number of piperazine rings is 1. The highest BCUT2D eigenvalue weighted by molar-refractivity contribution is 7.13. The molecule has 0 spiro atoms. The number of amides is 1. The molecule has 0 unspecified atom stereocenters. The Kier molecular flexibility index (Phi) is 4.84. The predicted octanol–water partition coefficient (Wildman–Crippen LogP) is 4.68. The molecule has 4 nitrogen and oxygen atoms in total. The summed E-state index contributed by atoms with van der Waals surface area (Å²) in [7, 11) is 0. The molecule has 0 bridgehead atoms. The second-order valence-electron chi connectivity index (χ2n) is 7.14. The van der Waals surface area contributed by atoms with Crippen LogP contribution < -0.4 is 5.32 Å². The Hall–Kier alpha value is -3.02. The number of rotatable bonds is 3. The fourth-order valence-corrected chi connectivity index (χ4v) is 4.60. The molecule has 0 radical (unpaired) electrons. The zero-order chi connectivity index (χ0) is 19.6. The summed E-state index contributed by atoms with van der Waals surface area (Å²) in [6.07, 6.45) is 0. The van der Waals surface area contributed by atoms with Gasteiger partial charge in [0.25, 0.3) is 5.91 Å². The Balaban J connectivity index is 1.74. The lowest BCUT2D eigenvalue weighted by Gasteiger charge is -2.28. The molecule has 5 heteroatoms. The van der Waals surface area contributed by atoms with Crippen molar-refractivity contribution in [3.05, 3.63) is 77.7 Å². The fraction of sp³-hybridized carbons (Fsp3) is 0.167. The number of thiophene rings is 1. The minimum absolute atomic E-state index is 0.0828. The predicted molar refractivity (Wildman–Crippen MR) is 119 cm³/mol. The van der Waals surface area contributed by atoms with Crippen LogP contribution in [0.5, 0.6) is 0 Å². The van der Waals surface area contributed by atoms with Gasteiger partial charge in [-0.25, -0.2) is 4.98 Å². The van der Waals surface area contributed by atoms with Crippen molar-refractivity contribution in [2.24, 2.45) is 0 Å². The van der Waals surface area contributed by atoms with Crippen LogP contribution in [-0.4, -0.2) is 42.0 Å². The molecule has 1 saturated heterocycles.